The number of anilines is 3. The average Bonchev–Trinajstić information content (AvgIpc) is 3.48. The average molecular weight is 561 g/mol. The van der Waals surface area contributed by atoms with Crippen LogP contribution in [0.1, 0.15) is 33.5 Å². The quantitative estimate of drug-likeness (QED) is 0.356. The summed E-state index contributed by atoms with van der Waals surface area (Å²) in [5, 5.41) is 6.82. The Balaban J connectivity index is 1.19. The molecule has 4 aromatic rings. The minimum Gasteiger partial charge on any atom is -0.335 e. The van der Waals surface area contributed by atoms with Crippen LogP contribution in [0.15, 0.2) is 36.1 Å². The number of pyridine rings is 1. The lowest BCUT2D eigenvalue weighted by atomic mass is 10.1. The molecule has 0 spiro atoms. The Morgan fingerprint density at radius 3 is 2.45 bits per heavy atom. The van der Waals surface area contributed by atoms with E-state index in [4.69, 9.17) is 0 Å². The highest BCUT2D eigenvalue weighted by Gasteiger charge is 2.33. The summed E-state index contributed by atoms with van der Waals surface area (Å²) in [6.07, 6.45) is -1.41. The minimum atomic E-state index is -4.49. The Labute approximate surface area is 224 Å². The van der Waals surface area contributed by atoms with E-state index in [9.17, 15) is 18.0 Å². The highest BCUT2D eigenvalue weighted by Crippen LogP contribution is 2.33. The number of thiazole rings is 2. The summed E-state index contributed by atoms with van der Waals surface area (Å²) in [7, 11) is 0. The van der Waals surface area contributed by atoms with E-state index in [2.05, 4.69) is 30.2 Å². The molecule has 1 atom stereocenters. The lowest BCUT2D eigenvalue weighted by molar-refractivity contribution is -0.138. The van der Waals surface area contributed by atoms with Crippen molar-refractivity contribution in [2.75, 3.05) is 29.9 Å². The number of halogens is 3. The Hall–Kier alpha value is -3.65. The van der Waals surface area contributed by atoms with Gasteiger partial charge in [0, 0.05) is 49.6 Å². The third kappa shape index (κ3) is 5.45. The fraction of sp³-hybridized carbons (Fsp3) is 0.333. The molecule has 0 aliphatic carbocycles. The third-order valence-corrected chi connectivity index (χ3v) is 7.88. The molecule has 0 unspecified atom stereocenters. The van der Waals surface area contributed by atoms with Gasteiger partial charge in [0.15, 0.2) is 5.13 Å². The van der Waals surface area contributed by atoms with Crippen molar-refractivity contribution in [3.05, 3.63) is 57.9 Å². The molecule has 1 amide bonds. The number of hydrogen-bond acceptors (Lipinski definition) is 10. The van der Waals surface area contributed by atoms with Gasteiger partial charge in [-0.15, -0.1) is 22.7 Å². The molecular formula is C24H23F3N8OS2. The van der Waals surface area contributed by atoms with Crippen LogP contribution < -0.4 is 10.2 Å². The Morgan fingerprint density at radius 2 is 1.84 bits per heavy atom. The minimum absolute atomic E-state index is 0.170. The highest BCUT2D eigenvalue weighted by atomic mass is 32.1. The smallest absolute Gasteiger partial charge is 0.335 e. The second-order valence-corrected chi connectivity index (χ2v) is 10.9. The van der Waals surface area contributed by atoms with E-state index in [0.717, 1.165) is 33.7 Å². The van der Waals surface area contributed by atoms with E-state index in [1.165, 1.54) is 17.5 Å². The standard InChI is InChI=1S/C24H23F3N8OS2/c1-13-11-34(6-7-35(13)22-29-9-17(10-30-22)24(25,26)27)21(36)16-4-5-19(28-8-16)33-23-32-18(12-37-23)20-14(2)31-15(3)38-20/h4-5,8-10,12-13H,6-7,11H2,1-3H3,(H,28,32,33)/t13-/m1/s1. The van der Waals surface area contributed by atoms with Gasteiger partial charge in [0.1, 0.15) is 5.82 Å². The SMILES string of the molecule is Cc1nc(C)c(-c2csc(Nc3ccc(C(=O)N4CCN(c5ncc(C(F)(F)F)cn5)[C@H](C)C4)cn3)n2)s1. The zero-order valence-corrected chi connectivity index (χ0v) is 22.3. The van der Waals surface area contributed by atoms with Crippen LogP contribution in [0.4, 0.5) is 30.1 Å². The second-order valence-electron chi connectivity index (χ2n) is 8.81. The topological polar surface area (TPSA) is 100 Å². The van der Waals surface area contributed by atoms with Gasteiger partial charge in [0.25, 0.3) is 5.91 Å². The normalized spacial score (nSPS) is 16.1. The number of aromatic nitrogens is 5. The van der Waals surface area contributed by atoms with Gasteiger partial charge < -0.3 is 15.1 Å². The molecular weight excluding hydrogens is 537 g/mol. The van der Waals surface area contributed by atoms with E-state index < -0.39 is 11.7 Å². The molecule has 0 aromatic carbocycles. The molecule has 4 aromatic heterocycles. The van der Waals surface area contributed by atoms with Gasteiger partial charge in [0.05, 0.1) is 32.4 Å². The number of aryl methyl sites for hydroxylation is 2. The molecule has 1 fully saturated rings. The van der Waals surface area contributed by atoms with E-state index in [1.807, 2.05) is 26.2 Å². The number of alkyl halides is 3. The van der Waals surface area contributed by atoms with Crippen molar-refractivity contribution in [2.24, 2.45) is 0 Å². The van der Waals surface area contributed by atoms with Crippen molar-refractivity contribution < 1.29 is 18.0 Å². The van der Waals surface area contributed by atoms with Crippen LogP contribution in [0.3, 0.4) is 0 Å². The predicted molar refractivity (Wildman–Crippen MR) is 140 cm³/mol. The van der Waals surface area contributed by atoms with E-state index in [-0.39, 0.29) is 17.9 Å². The first-order valence-corrected chi connectivity index (χ1v) is 13.4. The number of carbonyl (C=O) groups excluding carboxylic acids is 1. The zero-order valence-electron chi connectivity index (χ0n) is 20.7. The number of nitrogens with zero attached hydrogens (tertiary/aromatic N) is 7. The van der Waals surface area contributed by atoms with Gasteiger partial charge in [0.2, 0.25) is 5.95 Å². The summed E-state index contributed by atoms with van der Waals surface area (Å²) < 4.78 is 38.4. The molecule has 0 saturated carbocycles. The maximum atomic E-state index is 13.1. The largest absolute Gasteiger partial charge is 0.419 e. The van der Waals surface area contributed by atoms with Crippen LogP contribution in [0.25, 0.3) is 10.6 Å². The van der Waals surface area contributed by atoms with Crippen molar-refractivity contribution in [2.45, 2.75) is 33.0 Å². The number of rotatable bonds is 5. The molecule has 5 rings (SSSR count). The fourth-order valence-corrected chi connectivity index (χ4v) is 5.81. The highest BCUT2D eigenvalue weighted by molar-refractivity contribution is 7.16. The molecule has 1 saturated heterocycles. The van der Waals surface area contributed by atoms with Crippen LogP contribution in [-0.4, -0.2) is 61.4 Å². The van der Waals surface area contributed by atoms with Gasteiger partial charge >= 0.3 is 6.18 Å². The molecule has 0 radical (unpaired) electrons. The molecule has 1 aliphatic heterocycles. The number of carbonyl (C=O) groups is 1. The Bertz CT molecular complexity index is 1440. The molecule has 198 valence electrons. The zero-order chi connectivity index (χ0) is 27.0. The molecule has 1 aliphatic rings. The monoisotopic (exact) mass is 560 g/mol. The van der Waals surface area contributed by atoms with Gasteiger partial charge in [-0.3, -0.25) is 4.79 Å². The van der Waals surface area contributed by atoms with Crippen molar-refractivity contribution in [3.63, 3.8) is 0 Å². The Kier molecular flexibility index (Phi) is 7.01. The van der Waals surface area contributed by atoms with Crippen LogP contribution >= 0.6 is 22.7 Å². The first-order valence-electron chi connectivity index (χ1n) is 11.7. The second kappa shape index (κ2) is 10.3. The maximum absolute atomic E-state index is 13.1. The summed E-state index contributed by atoms with van der Waals surface area (Å²) in [4.78, 5) is 38.8. The summed E-state index contributed by atoms with van der Waals surface area (Å²) >= 11 is 3.06. The van der Waals surface area contributed by atoms with Crippen LogP contribution in [-0.2, 0) is 6.18 Å². The van der Waals surface area contributed by atoms with Gasteiger partial charge in [-0.05, 0) is 32.9 Å². The molecule has 1 N–H and O–H groups in total. The van der Waals surface area contributed by atoms with Gasteiger partial charge in [-0.1, -0.05) is 0 Å². The van der Waals surface area contributed by atoms with Crippen molar-refractivity contribution in [1.29, 1.82) is 0 Å². The summed E-state index contributed by atoms with van der Waals surface area (Å²) in [6, 6.07) is 3.26. The van der Waals surface area contributed by atoms with Crippen LogP contribution in [0.5, 0.6) is 0 Å². The fourth-order valence-electron chi connectivity index (χ4n) is 4.15. The first-order chi connectivity index (χ1) is 18.1. The van der Waals surface area contributed by atoms with Crippen LogP contribution in [0, 0.1) is 13.8 Å². The number of piperazine rings is 1. The van der Waals surface area contributed by atoms with Crippen molar-refractivity contribution in [1.82, 2.24) is 29.8 Å². The number of hydrogen-bond donors (Lipinski definition) is 1. The van der Waals surface area contributed by atoms with Crippen molar-refractivity contribution >= 4 is 45.5 Å². The molecule has 9 nitrogen and oxygen atoms in total. The Morgan fingerprint density at radius 1 is 1.08 bits per heavy atom. The third-order valence-electron chi connectivity index (χ3n) is 6.02. The lowest BCUT2D eigenvalue weighted by Crippen LogP contribution is -2.54. The summed E-state index contributed by atoms with van der Waals surface area (Å²) in [5.74, 6) is 0.606. The summed E-state index contributed by atoms with van der Waals surface area (Å²) in [5.41, 5.74) is 1.36. The number of amides is 1. The van der Waals surface area contributed by atoms with Crippen LogP contribution in [0.2, 0.25) is 0 Å². The van der Waals surface area contributed by atoms with Gasteiger partial charge in [-0.2, -0.15) is 13.2 Å². The van der Waals surface area contributed by atoms with Gasteiger partial charge in [-0.25, -0.2) is 24.9 Å². The predicted octanol–water partition coefficient (Wildman–Crippen LogP) is 5.18. The van der Waals surface area contributed by atoms with E-state index >= 15 is 0 Å². The molecule has 5 heterocycles. The number of nitrogens with one attached hydrogen (secondary N) is 1. The summed E-state index contributed by atoms with van der Waals surface area (Å²) in [6.45, 7) is 6.96. The maximum Gasteiger partial charge on any atom is 0.419 e. The first kappa shape index (κ1) is 26.0. The van der Waals surface area contributed by atoms with Crippen molar-refractivity contribution in [3.8, 4) is 10.6 Å². The van der Waals surface area contributed by atoms with E-state index in [0.29, 0.717) is 36.1 Å². The molecule has 0 bridgehead atoms. The van der Waals surface area contributed by atoms with E-state index in [1.54, 1.807) is 33.3 Å². The molecule has 38 heavy (non-hydrogen) atoms. The lowest BCUT2D eigenvalue weighted by Gasteiger charge is -2.39. The molecule has 14 heteroatoms.